The number of carbonyl (C=O) groups is 1. The van der Waals surface area contributed by atoms with E-state index in [-0.39, 0.29) is 12.2 Å². The number of aliphatic carboxylic acids is 1. The van der Waals surface area contributed by atoms with E-state index in [1.807, 2.05) is 0 Å². The number of hydrogen-bond acceptors (Lipinski definition) is 3. The van der Waals surface area contributed by atoms with Gasteiger partial charge in [-0.1, -0.05) is 18.2 Å². The Balaban J connectivity index is 2.56. The number of benzene rings is 1. The summed E-state index contributed by atoms with van der Waals surface area (Å²) in [6.07, 6.45) is 0.227. The maximum Gasteiger partial charge on any atom is 0.327 e. The summed E-state index contributed by atoms with van der Waals surface area (Å²) in [5, 5.41) is 9.11. The van der Waals surface area contributed by atoms with Crippen LogP contribution in [-0.2, 0) is 21.2 Å². The number of anilines is 1. The predicted molar refractivity (Wildman–Crippen MR) is 63.5 cm³/mol. The first-order valence-corrected chi connectivity index (χ1v) is 6.91. The SMILES string of the molecule is CCS(=O)(=O)N1c2ccccc2CC1C(=O)O. The average molecular weight is 255 g/mol. The van der Waals surface area contributed by atoms with Crippen molar-refractivity contribution in [3.63, 3.8) is 0 Å². The van der Waals surface area contributed by atoms with Gasteiger partial charge in [0.25, 0.3) is 0 Å². The molecule has 6 heteroatoms. The number of carboxylic acid groups (broad SMARTS) is 1. The van der Waals surface area contributed by atoms with Gasteiger partial charge in [0.05, 0.1) is 11.4 Å². The number of nitrogens with zero attached hydrogens (tertiary/aromatic N) is 1. The van der Waals surface area contributed by atoms with Crippen LogP contribution in [0.5, 0.6) is 0 Å². The first-order chi connectivity index (χ1) is 7.97. The van der Waals surface area contributed by atoms with Gasteiger partial charge in [0.15, 0.2) is 0 Å². The summed E-state index contributed by atoms with van der Waals surface area (Å²) in [5.74, 6) is -1.22. The van der Waals surface area contributed by atoms with Crippen molar-refractivity contribution in [2.75, 3.05) is 10.1 Å². The summed E-state index contributed by atoms with van der Waals surface area (Å²) < 4.78 is 24.9. The second-order valence-corrected chi connectivity index (χ2v) is 6.02. The van der Waals surface area contributed by atoms with Crippen LogP contribution in [0.1, 0.15) is 12.5 Å². The van der Waals surface area contributed by atoms with Crippen LogP contribution in [0, 0.1) is 0 Å². The zero-order chi connectivity index (χ0) is 12.6. The molecule has 0 amide bonds. The van der Waals surface area contributed by atoms with Crippen molar-refractivity contribution in [3.8, 4) is 0 Å². The molecule has 0 aliphatic carbocycles. The summed E-state index contributed by atoms with van der Waals surface area (Å²) in [6, 6.07) is 5.88. The highest BCUT2D eigenvalue weighted by atomic mass is 32.2. The van der Waals surface area contributed by atoms with Crippen LogP contribution >= 0.6 is 0 Å². The summed E-state index contributed by atoms with van der Waals surface area (Å²) in [7, 11) is -3.55. The lowest BCUT2D eigenvalue weighted by Gasteiger charge is -2.23. The molecule has 1 aromatic carbocycles. The highest BCUT2D eigenvalue weighted by Crippen LogP contribution is 2.34. The number of rotatable bonds is 3. The normalized spacial score (nSPS) is 19.1. The fourth-order valence-corrected chi connectivity index (χ4v) is 3.34. The van der Waals surface area contributed by atoms with Crippen LogP contribution in [-0.4, -0.2) is 31.3 Å². The maximum absolute atomic E-state index is 11.9. The number of para-hydroxylation sites is 1. The van der Waals surface area contributed by atoms with Crippen LogP contribution in [0.25, 0.3) is 0 Å². The van der Waals surface area contributed by atoms with Gasteiger partial charge in [-0.25, -0.2) is 13.2 Å². The molecule has 1 aromatic rings. The van der Waals surface area contributed by atoms with Crippen LogP contribution in [0.2, 0.25) is 0 Å². The van der Waals surface area contributed by atoms with E-state index in [0.717, 1.165) is 9.87 Å². The predicted octanol–water partition coefficient (Wildman–Crippen LogP) is 0.852. The quantitative estimate of drug-likeness (QED) is 0.869. The van der Waals surface area contributed by atoms with E-state index in [2.05, 4.69) is 0 Å². The highest BCUT2D eigenvalue weighted by molar-refractivity contribution is 7.92. The molecule has 0 bridgehead atoms. The first-order valence-electron chi connectivity index (χ1n) is 5.30. The Kier molecular flexibility index (Phi) is 2.82. The minimum atomic E-state index is -3.55. The molecule has 1 unspecified atom stereocenters. The molecule has 0 saturated carbocycles. The lowest BCUT2D eigenvalue weighted by molar-refractivity contribution is -0.138. The Hall–Kier alpha value is -1.56. The number of hydrogen-bond donors (Lipinski definition) is 1. The molecule has 0 fully saturated rings. The van der Waals surface area contributed by atoms with Crippen LogP contribution in [0.15, 0.2) is 24.3 Å². The van der Waals surface area contributed by atoms with Gasteiger partial charge in [-0.2, -0.15) is 0 Å². The number of fused-ring (bicyclic) bond motifs is 1. The fraction of sp³-hybridized carbons (Fsp3) is 0.364. The molecular formula is C11H13NO4S. The zero-order valence-electron chi connectivity index (χ0n) is 9.33. The molecule has 92 valence electrons. The Labute approximate surface area is 99.7 Å². The van der Waals surface area contributed by atoms with Crippen molar-refractivity contribution in [2.45, 2.75) is 19.4 Å². The lowest BCUT2D eigenvalue weighted by Crippen LogP contribution is -2.43. The molecule has 1 aliphatic heterocycles. The van der Waals surface area contributed by atoms with Crippen molar-refractivity contribution >= 4 is 21.7 Å². The van der Waals surface area contributed by atoms with Gasteiger partial charge in [0, 0.05) is 6.42 Å². The number of sulfonamides is 1. The Morgan fingerprint density at radius 3 is 2.71 bits per heavy atom. The standard InChI is InChI=1S/C11H13NO4S/c1-2-17(15,16)12-9-6-4-3-5-8(9)7-10(12)11(13)14/h3-6,10H,2,7H2,1H3,(H,13,14). The largest absolute Gasteiger partial charge is 0.480 e. The average Bonchev–Trinajstić information content (AvgIpc) is 2.69. The molecule has 17 heavy (non-hydrogen) atoms. The maximum atomic E-state index is 11.9. The summed E-state index contributed by atoms with van der Waals surface area (Å²) >= 11 is 0. The highest BCUT2D eigenvalue weighted by Gasteiger charge is 2.40. The van der Waals surface area contributed by atoms with Crippen LogP contribution in [0.4, 0.5) is 5.69 Å². The van der Waals surface area contributed by atoms with Crippen molar-refractivity contribution in [2.24, 2.45) is 0 Å². The first kappa shape index (κ1) is 11.9. The van der Waals surface area contributed by atoms with E-state index in [0.29, 0.717) is 5.69 Å². The smallest absolute Gasteiger partial charge is 0.327 e. The van der Waals surface area contributed by atoms with Crippen molar-refractivity contribution in [1.29, 1.82) is 0 Å². The van der Waals surface area contributed by atoms with Crippen molar-refractivity contribution in [3.05, 3.63) is 29.8 Å². The van der Waals surface area contributed by atoms with E-state index in [1.165, 1.54) is 6.92 Å². The minimum absolute atomic E-state index is 0.106. The van der Waals surface area contributed by atoms with E-state index in [4.69, 9.17) is 5.11 Å². The zero-order valence-corrected chi connectivity index (χ0v) is 10.1. The minimum Gasteiger partial charge on any atom is -0.480 e. The van der Waals surface area contributed by atoms with Gasteiger partial charge in [0.2, 0.25) is 10.0 Å². The third-order valence-electron chi connectivity index (χ3n) is 2.87. The third kappa shape index (κ3) is 1.88. The van der Waals surface area contributed by atoms with Crippen molar-refractivity contribution in [1.82, 2.24) is 0 Å². The monoisotopic (exact) mass is 255 g/mol. The summed E-state index contributed by atoms with van der Waals surface area (Å²) in [4.78, 5) is 11.1. The van der Waals surface area contributed by atoms with E-state index >= 15 is 0 Å². The Bertz CT molecular complexity index is 552. The second kappa shape index (κ2) is 4.03. The van der Waals surface area contributed by atoms with Crippen LogP contribution in [0.3, 0.4) is 0 Å². The Morgan fingerprint density at radius 2 is 2.12 bits per heavy atom. The van der Waals surface area contributed by atoms with Gasteiger partial charge in [0.1, 0.15) is 6.04 Å². The molecule has 0 aromatic heterocycles. The summed E-state index contributed by atoms with van der Waals surface area (Å²) in [6.45, 7) is 1.51. The van der Waals surface area contributed by atoms with Crippen molar-refractivity contribution < 1.29 is 18.3 Å². The van der Waals surface area contributed by atoms with E-state index in [9.17, 15) is 13.2 Å². The summed E-state index contributed by atoms with van der Waals surface area (Å²) in [5.41, 5.74) is 1.25. The molecule has 2 rings (SSSR count). The molecule has 0 saturated heterocycles. The van der Waals surface area contributed by atoms with Gasteiger partial charge in [-0.3, -0.25) is 4.31 Å². The van der Waals surface area contributed by atoms with E-state index in [1.54, 1.807) is 24.3 Å². The molecule has 5 nitrogen and oxygen atoms in total. The molecule has 1 heterocycles. The van der Waals surface area contributed by atoms with Gasteiger partial charge in [-0.05, 0) is 18.6 Å². The lowest BCUT2D eigenvalue weighted by atomic mass is 10.1. The molecule has 1 N–H and O–H groups in total. The van der Waals surface area contributed by atoms with Gasteiger partial charge in [-0.15, -0.1) is 0 Å². The van der Waals surface area contributed by atoms with Gasteiger partial charge < -0.3 is 5.11 Å². The Morgan fingerprint density at radius 1 is 1.47 bits per heavy atom. The van der Waals surface area contributed by atoms with Crippen LogP contribution < -0.4 is 4.31 Å². The molecule has 0 spiro atoms. The van der Waals surface area contributed by atoms with E-state index < -0.39 is 22.0 Å². The third-order valence-corrected chi connectivity index (χ3v) is 4.66. The second-order valence-electron chi connectivity index (χ2n) is 3.88. The number of carboxylic acids is 1. The molecule has 1 atom stereocenters. The molecular weight excluding hydrogens is 242 g/mol. The molecule has 0 radical (unpaired) electrons. The molecule has 1 aliphatic rings. The van der Waals surface area contributed by atoms with Gasteiger partial charge >= 0.3 is 5.97 Å². The topological polar surface area (TPSA) is 74.7 Å². The fourth-order valence-electron chi connectivity index (χ4n) is 2.03.